The van der Waals surface area contributed by atoms with Gasteiger partial charge in [0.1, 0.15) is 0 Å². The van der Waals surface area contributed by atoms with Gasteiger partial charge in [-0.25, -0.2) is 0 Å². The van der Waals surface area contributed by atoms with Gasteiger partial charge >= 0.3 is 17.6 Å². The average molecular weight is 533 g/mol. The van der Waals surface area contributed by atoms with Crippen molar-refractivity contribution in [3.05, 3.63) is 0 Å². The molecule has 0 aromatic rings. The van der Waals surface area contributed by atoms with Gasteiger partial charge < -0.3 is 26.6 Å². The van der Waals surface area contributed by atoms with E-state index >= 15 is 0 Å². The molecule has 0 radical (unpaired) electrons. The first-order chi connectivity index (χ1) is 15.4. The fourth-order valence-electron chi connectivity index (χ4n) is 4.25. The van der Waals surface area contributed by atoms with E-state index in [4.69, 9.17) is 26.6 Å². The third-order valence-electron chi connectivity index (χ3n) is 6.06. The van der Waals surface area contributed by atoms with Crippen molar-refractivity contribution in [1.82, 2.24) is 9.80 Å². The van der Waals surface area contributed by atoms with Crippen LogP contribution in [0.3, 0.4) is 0 Å². The van der Waals surface area contributed by atoms with Crippen LogP contribution in [0.1, 0.15) is 40.5 Å². The zero-order valence-corrected chi connectivity index (χ0v) is 25.6. The summed E-state index contributed by atoms with van der Waals surface area (Å²) in [6, 6.07) is 0. The zero-order valence-electron chi connectivity index (χ0n) is 22.0. The lowest BCUT2D eigenvalue weighted by Crippen LogP contribution is -2.61. The summed E-state index contributed by atoms with van der Waals surface area (Å²) in [5.74, 6) is 1.99. The van der Waals surface area contributed by atoms with Crippen molar-refractivity contribution in [3.63, 3.8) is 0 Å². The normalized spacial score (nSPS) is 15.0. The Morgan fingerprint density at radius 3 is 0.969 bits per heavy atom. The molecule has 0 bridgehead atoms. The molecule has 0 aromatic heterocycles. The van der Waals surface area contributed by atoms with Gasteiger partial charge in [-0.1, -0.05) is 49.3 Å². The Morgan fingerprint density at radius 1 is 0.531 bits per heavy atom. The maximum absolute atomic E-state index is 5.81. The van der Waals surface area contributed by atoms with Crippen LogP contribution < -0.4 is 0 Å². The summed E-state index contributed by atoms with van der Waals surface area (Å²) >= 11 is 0. The van der Waals surface area contributed by atoms with E-state index in [9.17, 15) is 0 Å². The van der Waals surface area contributed by atoms with Crippen LogP contribution in [0.2, 0.25) is 0 Å². The Labute approximate surface area is 207 Å². The summed E-state index contributed by atoms with van der Waals surface area (Å²) in [5, 5.41) is 0. The second-order valence-electron chi connectivity index (χ2n) is 7.13. The molecule has 0 aliphatic heterocycles. The highest BCUT2D eigenvalue weighted by Crippen LogP contribution is 2.30. The molecule has 0 aliphatic carbocycles. The van der Waals surface area contributed by atoms with Crippen LogP contribution in [0.25, 0.3) is 0 Å². The largest absolute Gasteiger partial charge is 0.518 e. The summed E-state index contributed by atoms with van der Waals surface area (Å²) in [7, 11) is 8.46. The predicted octanol–water partition coefficient (Wildman–Crippen LogP) is 3.40. The zero-order chi connectivity index (χ0) is 24.6. The maximum atomic E-state index is 5.81. The number of hydrogen-bond donors (Lipinski definition) is 0. The van der Waals surface area contributed by atoms with Crippen LogP contribution in [0.15, 0.2) is 0 Å². The molecule has 0 spiro atoms. The van der Waals surface area contributed by atoms with Gasteiger partial charge in [-0.05, 0) is 39.0 Å². The monoisotopic (exact) mass is 532 g/mol. The third kappa shape index (κ3) is 8.79. The molecule has 194 valence electrons. The number of nitrogens with zero attached hydrogens (tertiary/aromatic N) is 2. The SMILES string of the molecule is CCN(CC)C(CCSSCCC(N(CC)CC)[Si](OC)(OC)OC)[Si](OC)(OC)OC. The summed E-state index contributed by atoms with van der Waals surface area (Å²) in [5.41, 5.74) is 0.286. The highest BCUT2D eigenvalue weighted by molar-refractivity contribution is 8.76. The quantitative estimate of drug-likeness (QED) is 0.125. The third-order valence-corrected chi connectivity index (χ3v) is 14.9. The van der Waals surface area contributed by atoms with E-state index < -0.39 is 17.6 Å². The predicted molar refractivity (Wildman–Crippen MR) is 141 cm³/mol. The van der Waals surface area contributed by atoms with Gasteiger partial charge in [-0.2, -0.15) is 0 Å². The van der Waals surface area contributed by atoms with E-state index in [2.05, 4.69) is 37.5 Å². The van der Waals surface area contributed by atoms with Crippen LogP contribution in [0.5, 0.6) is 0 Å². The van der Waals surface area contributed by atoms with Gasteiger partial charge in [0.25, 0.3) is 0 Å². The summed E-state index contributed by atoms with van der Waals surface area (Å²) in [6.07, 6.45) is 1.90. The van der Waals surface area contributed by atoms with Gasteiger partial charge in [-0.15, -0.1) is 0 Å². The Bertz CT molecular complexity index is 401. The van der Waals surface area contributed by atoms with Gasteiger partial charge in [0, 0.05) is 54.2 Å². The molecular formula is C20H48N2O6S2Si2. The lowest BCUT2D eigenvalue weighted by atomic mass is 10.4. The molecule has 2 atom stereocenters. The molecule has 0 aromatic carbocycles. The minimum Gasteiger partial charge on any atom is -0.376 e. The minimum absolute atomic E-state index is 0.143. The van der Waals surface area contributed by atoms with Crippen molar-refractivity contribution >= 4 is 39.2 Å². The van der Waals surface area contributed by atoms with E-state index in [1.54, 1.807) is 42.7 Å². The van der Waals surface area contributed by atoms with Crippen LogP contribution in [-0.4, -0.2) is 119 Å². The molecule has 2 unspecified atom stereocenters. The van der Waals surface area contributed by atoms with E-state index in [1.165, 1.54) is 0 Å². The molecule has 32 heavy (non-hydrogen) atoms. The molecule has 0 N–H and O–H groups in total. The highest BCUT2D eigenvalue weighted by atomic mass is 33.1. The molecule has 8 nitrogen and oxygen atoms in total. The molecule has 0 heterocycles. The highest BCUT2D eigenvalue weighted by Gasteiger charge is 2.50. The van der Waals surface area contributed by atoms with E-state index in [0.717, 1.165) is 50.5 Å². The molecule has 0 saturated carbocycles. The Kier molecular flexibility index (Phi) is 18.6. The Morgan fingerprint density at radius 2 is 0.781 bits per heavy atom. The van der Waals surface area contributed by atoms with Crippen molar-refractivity contribution in [3.8, 4) is 0 Å². The van der Waals surface area contributed by atoms with Crippen molar-refractivity contribution in [2.75, 3.05) is 80.3 Å². The smallest absolute Gasteiger partial charge is 0.376 e. The summed E-state index contributed by atoms with van der Waals surface area (Å²) in [4.78, 5) is 4.78. The molecular weight excluding hydrogens is 485 g/mol. The Balaban J connectivity index is 5.00. The second-order valence-corrected chi connectivity index (χ2v) is 16.0. The van der Waals surface area contributed by atoms with Gasteiger partial charge in [-0.3, -0.25) is 9.80 Å². The van der Waals surface area contributed by atoms with Gasteiger partial charge in [0.2, 0.25) is 0 Å². The molecule has 0 rings (SSSR count). The fraction of sp³-hybridized carbons (Fsp3) is 1.00. The van der Waals surface area contributed by atoms with Gasteiger partial charge in [0.05, 0.1) is 11.3 Å². The molecule has 0 amide bonds. The lowest BCUT2D eigenvalue weighted by Gasteiger charge is -2.39. The van der Waals surface area contributed by atoms with Crippen molar-refractivity contribution < 1.29 is 26.6 Å². The summed E-state index contributed by atoms with van der Waals surface area (Å²) < 4.78 is 34.9. The number of rotatable bonds is 21. The van der Waals surface area contributed by atoms with E-state index in [-0.39, 0.29) is 11.3 Å². The first-order valence-electron chi connectivity index (χ1n) is 11.4. The second kappa shape index (κ2) is 18.1. The lowest BCUT2D eigenvalue weighted by molar-refractivity contribution is 0.0754. The standard InChI is InChI=1S/C20H48N2O6S2Si2/c1-11-21(12-2)19(31(23-5,24-6)25-7)15-17-29-30-18-16-20(22(13-3)14-4)32(26-8,27-9)28-10/h19-20H,11-18H2,1-10H3. The van der Waals surface area contributed by atoms with Gasteiger partial charge in [0.15, 0.2) is 0 Å². The molecule has 0 aliphatic rings. The minimum atomic E-state index is -2.75. The van der Waals surface area contributed by atoms with Crippen LogP contribution in [0, 0.1) is 0 Å². The van der Waals surface area contributed by atoms with Crippen LogP contribution in [0.4, 0.5) is 0 Å². The molecule has 0 fully saturated rings. The van der Waals surface area contributed by atoms with Crippen LogP contribution in [-0.2, 0) is 26.6 Å². The van der Waals surface area contributed by atoms with Crippen LogP contribution >= 0.6 is 21.6 Å². The maximum Gasteiger partial charge on any atom is 0.518 e. The Hall–Kier alpha value is 0.814. The van der Waals surface area contributed by atoms with E-state index in [0.29, 0.717) is 0 Å². The first-order valence-corrected chi connectivity index (χ1v) is 17.5. The van der Waals surface area contributed by atoms with Crippen molar-refractivity contribution in [2.45, 2.75) is 51.9 Å². The average Bonchev–Trinajstić information content (AvgIpc) is 2.84. The van der Waals surface area contributed by atoms with Crippen molar-refractivity contribution in [2.24, 2.45) is 0 Å². The molecule has 0 saturated heterocycles. The molecule has 12 heteroatoms. The van der Waals surface area contributed by atoms with Crippen molar-refractivity contribution in [1.29, 1.82) is 0 Å². The first kappa shape index (κ1) is 32.8. The fourth-order valence-corrected chi connectivity index (χ4v) is 12.1. The number of hydrogen-bond acceptors (Lipinski definition) is 10. The van der Waals surface area contributed by atoms with E-state index in [1.807, 2.05) is 21.6 Å². The summed E-state index contributed by atoms with van der Waals surface area (Å²) in [6.45, 7) is 12.4. The topological polar surface area (TPSA) is 61.9 Å².